The molecular formula is C15H19N3. The Morgan fingerprint density at radius 2 is 1.89 bits per heavy atom. The van der Waals surface area contributed by atoms with Gasteiger partial charge in [-0.15, -0.1) is 0 Å². The standard InChI is InChI=1S/C15H19N3/c16-12-13-14(4-3-9-17-13)18-10-7-15(8-11-18)5-1-2-6-15/h3-4,9H,1-2,5-8,10-11H2. The van der Waals surface area contributed by atoms with E-state index in [1.54, 1.807) is 6.20 Å². The van der Waals surface area contributed by atoms with Crippen LogP contribution in [-0.2, 0) is 0 Å². The predicted molar refractivity (Wildman–Crippen MR) is 71.3 cm³/mol. The molecule has 2 heterocycles. The van der Waals surface area contributed by atoms with Gasteiger partial charge in [0, 0.05) is 19.3 Å². The van der Waals surface area contributed by atoms with Crippen LogP contribution in [-0.4, -0.2) is 18.1 Å². The fourth-order valence-electron chi connectivity index (χ4n) is 3.59. The minimum Gasteiger partial charge on any atom is -0.369 e. The van der Waals surface area contributed by atoms with E-state index in [4.69, 9.17) is 5.26 Å². The average molecular weight is 241 g/mol. The van der Waals surface area contributed by atoms with Crippen LogP contribution in [0.25, 0.3) is 0 Å². The van der Waals surface area contributed by atoms with Crippen molar-refractivity contribution in [3.8, 4) is 6.07 Å². The molecule has 3 rings (SSSR count). The van der Waals surface area contributed by atoms with E-state index in [1.165, 1.54) is 38.5 Å². The molecule has 0 aromatic carbocycles. The van der Waals surface area contributed by atoms with Gasteiger partial charge in [0.05, 0.1) is 5.69 Å². The first-order chi connectivity index (χ1) is 8.83. The zero-order chi connectivity index (χ0) is 12.4. The van der Waals surface area contributed by atoms with Crippen molar-refractivity contribution in [3.05, 3.63) is 24.0 Å². The molecule has 1 aromatic heterocycles. The van der Waals surface area contributed by atoms with E-state index in [2.05, 4.69) is 16.0 Å². The van der Waals surface area contributed by atoms with Gasteiger partial charge in [-0.05, 0) is 43.2 Å². The molecule has 0 bridgehead atoms. The van der Waals surface area contributed by atoms with Crippen LogP contribution >= 0.6 is 0 Å². The minimum absolute atomic E-state index is 0.569. The largest absolute Gasteiger partial charge is 0.369 e. The molecule has 2 aliphatic rings. The summed E-state index contributed by atoms with van der Waals surface area (Å²) >= 11 is 0. The van der Waals surface area contributed by atoms with Crippen molar-refractivity contribution >= 4 is 5.69 Å². The predicted octanol–water partition coefficient (Wildman–Crippen LogP) is 3.11. The number of aromatic nitrogens is 1. The van der Waals surface area contributed by atoms with Crippen LogP contribution < -0.4 is 4.90 Å². The highest BCUT2D eigenvalue weighted by molar-refractivity contribution is 5.55. The van der Waals surface area contributed by atoms with Crippen molar-refractivity contribution < 1.29 is 0 Å². The van der Waals surface area contributed by atoms with Crippen molar-refractivity contribution in [1.82, 2.24) is 4.98 Å². The van der Waals surface area contributed by atoms with Gasteiger partial charge < -0.3 is 4.90 Å². The average Bonchev–Trinajstić information content (AvgIpc) is 2.88. The summed E-state index contributed by atoms with van der Waals surface area (Å²) in [5.74, 6) is 0. The zero-order valence-electron chi connectivity index (χ0n) is 10.7. The molecular weight excluding hydrogens is 222 g/mol. The van der Waals surface area contributed by atoms with Gasteiger partial charge in [-0.2, -0.15) is 5.26 Å². The molecule has 0 N–H and O–H groups in total. The molecule has 94 valence electrons. The summed E-state index contributed by atoms with van der Waals surface area (Å²) in [4.78, 5) is 6.50. The third kappa shape index (κ3) is 1.96. The Balaban J connectivity index is 1.74. The first-order valence-electron chi connectivity index (χ1n) is 6.93. The van der Waals surface area contributed by atoms with Crippen LogP contribution in [0.4, 0.5) is 5.69 Å². The fourth-order valence-corrected chi connectivity index (χ4v) is 3.59. The number of nitriles is 1. The maximum absolute atomic E-state index is 9.11. The first kappa shape index (κ1) is 11.5. The summed E-state index contributed by atoms with van der Waals surface area (Å²) in [7, 11) is 0. The molecule has 0 atom stereocenters. The fraction of sp³-hybridized carbons (Fsp3) is 0.600. The SMILES string of the molecule is N#Cc1ncccc1N1CCC2(CCCC2)CC1. The number of piperidine rings is 1. The number of nitrogens with zero attached hydrogens (tertiary/aromatic N) is 3. The minimum atomic E-state index is 0.569. The highest BCUT2D eigenvalue weighted by Crippen LogP contribution is 2.46. The monoisotopic (exact) mass is 241 g/mol. The van der Waals surface area contributed by atoms with E-state index in [0.29, 0.717) is 11.1 Å². The van der Waals surface area contributed by atoms with Crippen molar-refractivity contribution in [2.24, 2.45) is 5.41 Å². The quantitative estimate of drug-likeness (QED) is 0.758. The van der Waals surface area contributed by atoms with E-state index in [0.717, 1.165) is 18.8 Å². The third-order valence-electron chi connectivity index (χ3n) is 4.72. The molecule has 0 amide bonds. The van der Waals surface area contributed by atoms with Crippen LogP contribution in [0.1, 0.15) is 44.2 Å². The molecule has 2 fully saturated rings. The van der Waals surface area contributed by atoms with E-state index in [1.807, 2.05) is 12.1 Å². The third-order valence-corrected chi connectivity index (χ3v) is 4.72. The topological polar surface area (TPSA) is 39.9 Å². The Bertz CT molecular complexity index is 459. The summed E-state index contributed by atoms with van der Waals surface area (Å²) in [6.07, 6.45) is 9.93. The maximum atomic E-state index is 9.11. The van der Waals surface area contributed by atoms with Gasteiger partial charge in [-0.25, -0.2) is 4.98 Å². The second-order valence-corrected chi connectivity index (χ2v) is 5.68. The van der Waals surface area contributed by atoms with Crippen molar-refractivity contribution in [2.75, 3.05) is 18.0 Å². The molecule has 3 heteroatoms. The van der Waals surface area contributed by atoms with Crippen LogP contribution in [0.15, 0.2) is 18.3 Å². The molecule has 1 spiro atoms. The highest BCUT2D eigenvalue weighted by Gasteiger charge is 2.37. The van der Waals surface area contributed by atoms with Gasteiger partial charge in [-0.1, -0.05) is 12.8 Å². The van der Waals surface area contributed by atoms with Crippen molar-refractivity contribution in [2.45, 2.75) is 38.5 Å². The van der Waals surface area contributed by atoms with Crippen LogP contribution in [0.5, 0.6) is 0 Å². The smallest absolute Gasteiger partial charge is 0.163 e. The number of anilines is 1. The van der Waals surface area contributed by atoms with Crippen LogP contribution in [0.2, 0.25) is 0 Å². The number of pyridine rings is 1. The van der Waals surface area contributed by atoms with E-state index < -0.39 is 0 Å². The lowest BCUT2D eigenvalue weighted by Crippen LogP contribution is -2.39. The second-order valence-electron chi connectivity index (χ2n) is 5.68. The van der Waals surface area contributed by atoms with Gasteiger partial charge in [0.15, 0.2) is 5.69 Å². The van der Waals surface area contributed by atoms with E-state index >= 15 is 0 Å². The molecule has 0 radical (unpaired) electrons. The second kappa shape index (κ2) is 4.61. The molecule has 18 heavy (non-hydrogen) atoms. The molecule has 1 aliphatic carbocycles. The molecule has 1 saturated heterocycles. The zero-order valence-corrected chi connectivity index (χ0v) is 10.7. The summed E-state index contributed by atoms with van der Waals surface area (Å²) in [6.45, 7) is 2.17. The summed E-state index contributed by atoms with van der Waals surface area (Å²) in [5, 5.41) is 9.11. The van der Waals surface area contributed by atoms with Crippen LogP contribution in [0, 0.1) is 16.7 Å². The maximum Gasteiger partial charge on any atom is 0.163 e. The highest BCUT2D eigenvalue weighted by atomic mass is 15.1. The number of rotatable bonds is 1. The Morgan fingerprint density at radius 3 is 2.56 bits per heavy atom. The normalized spacial score (nSPS) is 22.1. The lowest BCUT2D eigenvalue weighted by Gasteiger charge is -2.40. The Kier molecular flexibility index (Phi) is 2.95. The van der Waals surface area contributed by atoms with Crippen molar-refractivity contribution in [3.63, 3.8) is 0 Å². The first-order valence-corrected chi connectivity index (χ1v) is 6.93. The van der Waals surface area contributed by atoms with E-state index in [-0.39, 0.29) is 0 Å². The molecule has 1 saturated carbocycles. The Morgan fingerprint density at radius 1 is 1.17 bits per heavy atom. The molecule has 1 aliphatic heterocycles. The lowest BCUT2D eigenvalue weighted by molar-refractivity contribution is 0.226. The summed E-state index contributed by atoms with van der Waals surface area (Å²) in [5.41, 5.74) is 2.22. The molecule has 1 aromatic rings. The van der Waals surface area contributed by atoms with Gasteiger partial charge in [-0.3, -0.25) is 0 Å². The van der Waals surface area contributed by atoms with Gasteiger partial charge in [0.25, 0.3) is 0 Å². The summed E-state index contributed by atoms with van der Waals surface area (Å²) in [6, 6.07) is 6.15. The number of hydrogen-bond donors (Lipinski definition) is 0. The van der Waals surface area contributed by atoms with Gasteiger partial charge in [0.2, 0.25) is 0 Å². The van der Waals surface area contributed by atoms with E-state index in [9.17, 15) is 0 Å². The molecule has 0 unspecified atom stereocenters. The van der Waals surface area contributed by atoms with Gasteiger partial charge >= 0.3 is 0 Å². The number of hydrogen-bond acceptors (Lipinski definition) is 3. The van der Waals surface area contributed by atoms with Gasteiger partial charge in [0.1, 0.15) is 6.07 Å². The lowest BCUT2D eigenvalue weighted by atomic mass is 9.77. The van der Waals surface area contributed by atoms with Crippen molar-refractivity contribution in [1.29, 1.82) is 5.26 Å². The Hall–Kier alpha value is -1.56. The summed E-state index contributed by atoms with van der Waals surface area (Å²) < 4.78 is 0. The van der Waals surface area contributed by atoms with Crippen LogP contribution in [0.3, 0.4) is 0 Å². The Labute approximate surface area is 108 Å². The molecule has 3 nitrogen and oxygen atoms in total.